The molecule has 1 N–H and O–H groups in total. The van der Waals surface area contributed by atoms with Gasteiger partial charge in [0, 0.05) is 19.6 Å². The van der Waals surface area contributed by atoms with Crippen LogP contribution in [-0.4, -0.2) is 42.0 Å². The van der Waals surface area contributed by atoms with E-state index in [2.05, 4.69) is 10.3 Å². The van der Waals surface area contributed by atoms with E-state index in [1.165, 1.54) is 12.8 Å². The second kappa shape index (κ2) is 4.39. The number of rotatable bonds is 1. The Morgan fingerprint density at radius 3 is 2.78 bits per heavy atom. The lowest BCUT2D eigenvalue weighted by Crippen LogP contribution is -2.44. The molecule has 5 nitrogen and oxygen atoms in total. The van der Waals surface area contributed by atoms with Crippen molar-refractivity contribution in [3.05, 3.63) is 17.8 Å². The van der Waals surface area contributed by atoms with E-state index in [1.54, 1.807) is 6.92 Å². The molecule has 1 aromatic rings. The summed E-state index contributed by atoms with van der Waals surface area (Å²) in [4.78, 5) is 18.2. The van der Waals surface area contributed by atoms with Crippen LogP contribution in [0.2, 0.25) is 0 Å². The van der Waals surface area contributed by atoms with E-state index in [-0.39, 0.29) is 5.91 Å². The number of hydrogen-bond acceptors (Lipinski definition) is 4. The molecular formula is C13H19N3O2. The number of likely N-dealkylation sites (tertiary alicyclic amines) is 1. The molecule has 0 radical (unpaired) electrons. The maximum absolute atomic E-state index is 12.3. The summed E-state index contributed by atoms with van der Waals surface area (Å²) < 4.78 is 5.10. The van der Waals surface area contributed by atoms with E-state index < -0.39 is 0 Å². The summed E-state index contributed by atoms with van der Waals surface area (Å²) in [6.07, 6.45) is 4.79. The second-order valence-corrected chi connectivity index (χ2v) is 5.48. The molecule has 2 fully saturated rings. The lowest BCUT2D eigenvalue weighted by molar-refractivity contribution is 0.0601. The third-order valence-electron chi connectivity index (χ3n) is 4.39. The molecule has 1 aromatic heterocycles. The van der Waals surface area contributed by atoms with Gasteiger partial charge in [-0.05, 0) is 38.1 Å². The van der Waals surface area contributed by atoms with Gasteiger partial charge in [0.1, 0.15) is 5.76 Å². The zero-order chi connectivity index (χ0) is 12.6. The number of carbonyl (C=O) groups excluding carboxylic acids is 1. The molecule has 98 valence electrons. The van der Waals surface area contributed by atoms with Crippen LogP contribution in [0.25, 0.3) is 0 Å². The lowest BCUT2D eigenvalue weighted by Gasteiger charge is -2.38. The number of nitrogens with zero attached hydrogens (tertiary/aromatic N) is 2. The van der Waals surface area contributed by atoms with Crippen molar-refractivity contribution < 1.29 is 9.21 Å². The Balaban J connectivity index is 1.66. The van der Waals surface area contributed by atoms with Gasteiger partial charge in [0.15, 0.2) is 12.1 Å². The van der Waals surface area contributed by atoms with Gasteiger partial charge >= 0.3 is 0 Å². The predicted octanol–water partition coefficient (Wildman–Crippen LogP) is 1.20. The molecule has 18 heavy (non-hydrogen) atoms. The highest BCUT2D eigenvalue weighted by Gasteiger charge is 2.38. The SMILES string of the molecule is Cc1ocnc1C(=O)N1CCC2(CCNC2)CC1. The summed E-state index contributed by atoms with van der Waals surface area (Å²) in [7, 11) is 0. The summed E-state index contributed by atoms with van der Waals surface area (Å²) in [5.74, 6) is 0.630. The van der Waals surface area contributed by atoms with E-state index in [0.717, 1.165) is 39.0 Å². The molecule has 0 bridgehead atoms. The van der Waals surface area contributed by atoms with Crippen molar-refractivity contribution in [1.29, 1.82) is 0 Å². The minimum Gasteiger partial charge on any atom is -0.448 e. The summed E-state index contributed by atoms with van der Waals surface area (Å²) in [6, 6.07) is 0. The Morgan fingerprint density at radius 1 is 1.44 bits per heavy atom. The molecule has 1 spiro atoms. The maximum atomic E-state index is 12.3. The molecule has 2 saturated heterocycles. The van der Waals surface area contributed by atoms with Crippen LogP contribution in [0.3, 0.4) is 0 Å². The first kappa shape index (κ1) is 11.7. The van der Waals surface area contributed by atoms with Gasteiger partial charge in [0.25, 0.3) is 5.91 Å². The van der Waals surface area contributed by atoms with E-state index in [4.69, 9.17) is 4.42 Å². The van der Waals surface area contributed by atoms with Crippen LogP contribution in [0.5, 0.6) is 0 Å². The normalized spacial score (nSPS) is 22.6. The summed E-state index contributed by atoms with van der Waals surface area (Å²) in [5, 5.41) is 3.43. The third-order valence-corrected chi connectivity index (χ3v) is 4.39. The number of oxazole rings is 1. The molecule has 1 amide bonds. The van der Waals surface area contributed by atoms with Gasteiger partial charge in [-0.1, -0.05) is 0 Å². The number of nitrogens with one attached hydrogen (secondary N) is 1. The molecule has 5 heteroatoms. The van der Waals surface area contributed by atoms with Crippen molar-refractivity contribution in [3.8, 4) is 0 Å². The van der Waals surface area contributed by atoms with Crippen molar-refractivity contribution >= 4 is 5.91 Å². The number of aromatic nitrogens is 1. The van der Waals surface area contributed by atoms with Gasteiger partial charge in [-0.25, -0.2) is 4.98 Å². The monoisotopic (exact) mass is 249 g/mol. The standard InChI is InChI=1S/C13H19N3O2/c1-10-11(15-9-18-10)12(17)16-6-3-13(4-7-16)2-5-14-8-13/h9,14H,2-8H2,1H3. The van der Waals surface area contributed by atoms with Crippen LogP contribution >= 0.6 is 0 Å². The van der Waals surface area contributed by atoms with Gasteiger partial charge in [-0.15, -0.1) is 0 Å². The number of amides is 1. The number of piperidine rings is 1. The van der Waals surface area contributed by atoms with Gasteiger partial charge in [0.2, 0.25) is 0 Å². The van der Waals surface area contributed by atoms with Crippen molar-refractivity contribution in [3.63, 3.8) is 0 Å². The first-order chi connectivity index (χ1) is 8.70. The topological polar surface area (TPSA) is 58.4 Å². The lowest BCUT2D eigenvalue weighted by atomic mass is 9.78. The minimum absolute atomic E-state index is 0.0158. The zero-order valence-electron chi connectivity index (χ0n) is 10.7. The molecule has 0 atom stereocenters. The van der Waals surface area contributed by atoms with Crippen molar-refractivity contribution in [1.82, 2.24) is 15.2 Å². The van der Waals surface area contributed by atoms with E-state index in [9.17, 15) is 4.79 Å². The second-order valence-electron chi connectivity index (χ2n) is 5.48. The number of hydrogen-bond donors (Lipinski definition) is 1. The molecule has 2 aliphatic rings. The van der Waals surface area contributed by atoms with Gasteiger partial charge in [-0.2, -0.15) is 0 Å². The van der Waals surface area contributed by atoms with Crippen LogP contribution in [0.1, 0.15) is 35.5 Å². The average Bonchev–Trinajstić information content (AvgIpc) is 2.99. The predicted molar refractivity (Wildman–Crippen MR) is 66.3 cm³/mol. The van der Waals surface area contributed by atoms with Crippen LogP contribution in [0.4, 0.5) is 0 Å². The Morgan fingerprint density at radius 2 is 2.22 bits per heavy atom. The fourth-order valence-electron chi connectivity index (χ4n) is 3.07. The van der Waals surface area contributed by atoms with Crippen LogP contribution in [0.15, 0.2) is 10.8 Å². The highest BCUT2D eigenvalue weighted by Crippen LogP contribution is 2.37. The summed E-state index contributed by atoms with van der Waals surface area (Å²) in [6.45, 7) is 5.69. The van der Waals surface area contributed by atoms with Crippen molar-refractivity contribution in [2.75, 3.05) is 26.2 Å². The van der Waals surface area contributed by atoms with Crippen LogP contribution in [0, 0.1) is 12.3 Å². The Kier molecular flexibility index (Phi) is 2.86. The smallest absolute Gasteiger partial charge is 0.276 e. The molecular weight excluding hydrogens is 230 g/mol. The largest absolute Gasteiger partial charge is 0.448 e. The number of carbonyl (C=O) groups is 1. The Labute approximate surface area is 107 Å². The molecule has 3 rings (SSSR count). The summed E-state index contributed by atoms with van der Waals surface area (Å²) in [5.41, 5.74) is 0.908. The minimum atomic E-state index is 0.0158. The van der Waals surface area contributed by atoms with Crippen molar-refractivity contribution in [2.24, 2.45) is 5.41 Å². The van der Waals surface area contributed by atoms with Crippen molar-refractivity contribution in [2.45, 2.75) is 26.2 Å². The average molecular weight is 249 g/mol. The first-order valence-electron chi connectivity index (χ1n) is 6.60. The van der Waals surface area contributed by atoms with E-state index >= 15 is 0 Å². The molecule has 0 aromatic carbocycles. The van der Waals surface area contributed by atoms with E-state index in [0.29, 0.717) is 16.9 Å². The van der Waals surface area contributed by atoms with Gasteiger partial charge in [0.05, 0.1) is 0 Å². The summed E-state index contributed by atoms with van der Waals surface area (Å²) >= 11 is 0. The van der Waals surface area contributed by atoms with Gasteiger partial charge < -0.3 is 14.6 Å². The first-order valence-corrected chi connectivity index (χ1v) is 6.60. The zero-order valence-corrected chi connectivity index (χ0v) is 10.7. The van der Waals surface area contributed by atoms with Crippen LogP contribution in [-0.2, 0) is 0 Å². The molecule has 2 aliphatic heterocycles. The fraction of sp³-hybridized carbons (Fsp3) is 0.692. The highest BCUT2D eigenvalue weighted by atomic mass is 16.3. The molecule has 0 unspecified atom stereocenters. The highest BCUT2D eigenvalue weighted by molar-refractivity contribution is 5.93. The third kappa shape index (κ3) is 1.92. The number of aryl methyl sites for hydroxylation is 1. The van der Waals surface area contributed by atoms with Gasteiger partial charge in [-0.3, -0.25) is 4.79 Å². The fourth-order valence-corrected chi connectivity index (χ4v) is 3.07. The maximum Gasteiger partial charge on any atom is 0.276 e. The molecule has 3 heterocycles. The quantitative estimate of drug-likeness (QED) is 0.812. The van der Waals surface area contributed by atoms with E-state index in [1.807, 2.05) is 4.90 Å². The Hall–Kier alpha value is -1.36. The Bertz CT molecular complexity index is 439. The molecule has 0 aliphatic carbocycles. The van der Waals surface area contributed by atoms with Crippen LogP contribution < -0.4 is 5.32 Å². The molecule has 0 saturated carbocycles.